The quantitative estimate of drug-likeness (QED) is 0.186. The van der Waals surface area contributed by atoms with Gasteiger partial charge in [0.25, 0.3) is 0 Å². The highest BCUT2D eigenvalue weighted by molar-refractivity contribution is 7.18. The first kappa shape index (κ1) is 29.3. The van der Waals surface area contributed by atoms with Crippen LogP contribution in [0.3, 0.4) is 0 Å². The van der Waals surface area contributed by atoms with Crippen LogP contribution in [0.2, 0.25) is 0 Å². The van der Waals surface area contributed by atoms with Gasteiger partial charge in [-0.25, -0.2) is 13.8 Å². The highest BCUT2D eigenvalue weighted by Crippen LogP contribution is 2.47. The number of nitrogens with zero attached hydrogens (tertiary/aromatic N) is 5. The van der Waals surface area contributed by atoms with Crippen LogP contribution in [0.5, 0.6) is 5.75 Å². The van der Waals surface area contributed by atoms with Crippen molar-refractivity contribution in [2.45, 2.75) is 39.4 Å². The number of ether oxygens (including phenoxy) is 1. The average Bonchev–Trinajstić information content (AvgIpc) is 3.68. The standard InChI is InChI=1S/C35H33F2N5O2S/c1-5-30(43)41-17-20(3)42-25(19-41)16-28(39-42)34-32(31-27(37)14-24(36)15-29(31)44-6-2)35-26(10-12-45-35)33(38-34)22-7-8-23-18-40(4)11-9-21(23)13-22/h5,7-8,10,12-16,20H,1,6,9,11,17-19H2,2-4H3. The second-order valence-electron chi connectivity index (χ2n) is 11.7. The van der Waals surface area contributed by atoms with E-state index in [0.29, 0.717) is 30.0 Å². The van der Waals surface area contributed by atoms with Crippen LogP contribution in [-0.4, -0.2) is 57.2 Å². The van der Waals surface area contributed by atoms with E-state index in [2.05, 4.69) is 36.7 Å². The summed E-state index contributed by atoms with van der Waals surface area (Å²) < 4.78 is 39.0. The normalized spacial score (nSPS) is 16.5. The topological polar surface area (TPSA) is 63.5 Å². The van der Waals surface area contributed by atoms with Gasteiger partial charge >= 0.3 is 0 Å². The van der Waals surface area contributed by atoms with E-state index in [1.54, 1.807) is 11.8 Å². The summed E-state index contributed by atoms with van der Waals surface area (Å²) in [4.78, 5) is 21.8. The van der Waals surface area contributed by atoms with Crippen LogP contribution in [-0.2, 0) is 24.3 Å². The number of carbonyl (C=O) groups is 1. The molecule has 2 aliphatic rings. The summed E-state index contributed by atoms with van der Waals surface area (Å²) in [6.07, 6.45) is 2.26. The highest BCUT2D eigenvalue weighted by atomic mass is 32.1. The molecule has 0 saturated heterocycles. The molecular weight excluding hydrogens is 592 g/mol. The molecule has 45 heavy (non-hydrogen) atoms. The lowest BCUT2D eigenvalue weighted by molar-refractivity contribution is -0.127. The van der Waals surface area contributed by atoms with Crippen LogP contribution in [0.15, 0.2) is 60.5 Å². The first-order valence-electron chi connectivity index (χ1n) is 15.1. The molecule has 2 aromatic carbocycles. The molecule has 0 bridgehead atoms. The fourth-order valence-electron chi connectivity index (χ4n) is 6.57. The maximum atomic E-state index is 15.9. The summed E-state index contributed by atoms with van der Waals surface area (Å²) in [5.41, 5.74) is 6.84. The molecule has 0 saturated carbocycles. The van der Waals surface area contributed by atoms with Gasteiger partial charge in [-0.15, -0.1) is 11.3 Å². The molecule has 0 aliphatic carbocycles. The van der Waals surface area contributed by atoms with Crippen LogP contribution in [0.4, 0.5) is 8.78 Å². The van der Waals surface area contributed by atoms with Crippen molar-refractivity contribution in [1.82, 2.24) is 24.6 Å². The number of likely N-dealkylation sites (N-methyl/N-ethyl adjacent to an activating group) is 1. The zero-order valence-corrected chi connectivity index (χ0v) is 26.3. The van der Waals surface area contributed by atoms with Crippen molar-refractivity contribution in [3.63, 3.8) is 0 Å². The summed E-state index contributed by atoms with van der Waals surface area (Å²) in [5.74, 6) is -1.49. The van der Waals surface area contributed by atoms with E-state index in [-0.39, 0.29) is 29.9 Å². The number of thiophene rings is 1. The van der Waals surface area contributed by atoms with E-state index in [0.717, 1.165) is 52.6 Å². The Morgan fingerprint density at radius 1 is 1.11 bits per heavy atom. The molecule has 5 aromatic rings. The number of pyridine rings is 1. The van der Waals surface area contributed by atoms with Crippen molar-refractivity contribution in [3.8, 4) is 39.5 Å². The van der Waals surface area contributed by atoms with Crippen LogP contribution < -0.4 is 4.74 Å². The third-order valence-corrected chi connectivity index (χ3v) is 9.59. The number of fused-ring (bicyclic) bond motifs is 3. The Morgan fingerprint density at radius 3 is 2.76 bits per heavy atom. The van der Waals surface area contributed by atoms with E-state index in [1.165, 1.54) is 34.6 Å². The van der Waals surface area contributed by atoms with Crippen molar-refractivity contribution in [3.05, 3.63) is 89.0 Å². The number of carbonyl (C=O) groups excluding carboxylic acids is 1. The minimum Gasteiger partial charge on any atom is -0.493 e. The van der Waals surface area contributed by atoms with Gasteiger partial charge in [0.15, 0.2) is 0 Å². The molecule has 0 N–H and O–H groups in total. The third-order valence-electron chi connectivity index (χ3n) is 8.66. The van der Waals surface area contributed by atoms with Gasteiger partial charge < -0.3 is 14.5 Å². The Bertz CT molecular complexity index is 1980. The van der Waals surface area contributed by atoms with Gasteiger partial charge in [0.1, 0.15) is 28.8 Å². The maximum Gasteiger partial charge on any atom is 0.246 e. The van der Waals surface area contributed by atoms with Gasteiger partial charge in [-0.2, -0.15) is 5.10 Å². The van der Waals surface area contributed by atoms with Crippen molar-refractivity contribution < 1.29 is 18.3 Å². The second kappa shape index (κ2) is 11.5. The lowest BCUT2D eigenvalue weighted by Crippen LogP contribution is -2.39. The number of amides is 1. The second-order valence-corrected chi connectivity index (χ2v) is 12.7. The maximum absolute atomic E-state index is 15.9. The van der Waals surface area contributed by atoms with E-state index in [4.69, 9.17) is 14.8 Å². The summed E-state index contributed by atoms with van der Waals surface area (Å²) >= 11 is 1.48. The molecule has 10 heteroatoms. The third kappa shape index (κ3) is 5.11. The molecule has 0 fully saturated rings. The van der Waals surface area contributed by atoms with Crippen LogP contribution in [0, 0.1) is 11.6 Å². The summed E-state index contributed by atoms with van der Waals surface area (Å²) in [6.45, 7) is 10.4. The van der Waals surface area contributed by atoms with E-state index >= 15 is 4.39 Å². The number of hydrogen-bond donors (Lipinski definition) is 0. The molecule has 5 heterocycles. The average molecular weight is 626 g/mol. The minimum absolute atomic E-state index is 0.0971. The molecular formula is C35H33F2N5O2S. The summed E-state index contributed by atoms with van der Waals surface area (Å²) in [5, 5.41) is 7.83. The molecule has 230 valence electrons. The molecule has 3 aromatic heterocycles. The molecule has 7 nitrogen and oxygen atoms in total. The molecule has 0 radical (unpaired) electrons. The molecule has 2 aliphatic heterocycles. The van der Waals surface area contributed by atoms with E-state index in [1.807, 2.05) is 29.1 Å². The monoisotopic (exact) mass is 625 g/mol. The first-order chi connectivity index (χ1) is 21.7. The Morgan fingerprint density at radius 2 is 1.96 bits per heavy atom. The Labute approximate surface area is 264 Å². The largest absolute Gasteiger partial charge is 0.493 e. The van der Waals surface area contributed by atoms with Gasteiger partial charge in [-0.1, -0.05) is 18.7 Å². The number of hydrogen-bond acceptors (Lipinski definition) is 6. The lowest BCUT2D eigenvalue weighted by Gasteiger charge is -2.31. The van der Waals surface area contributed by atoms with Crippen LogP contribution in [0.1, 0.15) is 36.7 Å². The van der Waals surface area contributed by atoms with Gasteiger partial charge in [0.2, 0.25) is 5.91 Å². The van der Waals surface area contributed by atoms with Crippen molar-refractivity contribution in [2.24, 2.45) is 0 Å². The van der Waals surface area contributed by atoms with Crippen LogP contribution >= 0.6 is 11.3 Å². The van der Waals surface area contributed by atoms with Crippen molar-refractivity contribution in [1.29, 1.82) is 0 Å². The smallest absolute Gasteiger partial charge is 0.246 e. The van der Waals surface area contributed by atoms with Crippen LogP contribution in [0.25, 0.3) is 43.9 Å². The first-order valence-corrected chi connectivity index (χ1v) is 16.0. The lowest BCUT2D eigenvalue weighted by atomic mass is 9.93. The number of rotatable bonds is 6. The minimum atomic E-state index is -0.734. The van der Waals surface area contributed by atoms with Crippen molar-refractivity contribution >= 4 is 27.3 Å². The summed E-state index contributed by atoms with van der Waals surface area (Å²) in [6, 6.07) is 12.4. The van der Waals surface area contributed by atoms with Gasteiger partial charge in [-0.3, -0.25) is 9.48 Å². The van der Waals surface area contributed by atoms with Gasteiger partial charge in [0.05, 0.1) is 36.1 Å². The fourth-order valence-corrected chi connectivity index (χ4v) is 7.52. The van der Waals surface area contributed by atoms with Crippen molar-refractivity contribution in [2.75, 3.05) is 26.7 Å². The van der Waals surface area contributed by atoms with E-state index < -0.39 is 11.6 Å². The van der Waals surface area contributed by atoms with E-state index in [9.17, 15) is 9.18 Å². The Balaban J connectivity index is 1.49. The number of aromatic nitrogens is 3. The fraction of sp³-hybridized carbons (Fsp3) is 0.286. The molecule has 1 atom stereocenters. The predicted molar refractivity (Wildman–Crippen MR) is 173 cm³/mol. The zero-order valence-electron chi connectivity index (χ0n) is 25.4. The number of benzene rings is 2. The predicted octanol–water partition coefficient (Wildman–Crippen LogP) is 7.25. The SMILES string of the molecule is C=CC(=O)N1Cc2cc(-c3nc(-c4ccc5c(c4)CCN(C)C5)c4ccsc4c3-c3c(F)cc(F)cc3OCC)nn2C(C)C1. The highest BCUT2D eigenvalue weighted by Gasteiger charge is 2.30. The Hall–Kier alpha value is -4.41. The molecule has 7 rings (SSSR count). The number of halogens is 2. The molecule has 0 spiro atoms. The summed E-state index contributed by atoms with van der Waals surface area (Å²) in [7, 11) is 2.13. The van der Waals surface area contributed by atoms with Gasteiger partial charge in [-0.05, 0) is 68.1 Å². The molecule has 1 amide bonds. The molecule has 1 unspecified atom stereocenters. The van der Waals surface area contributed by atoms with Gasteiger partial charge in [0, 0.05) is 53.0 Å². The Kier molecular flexibility index (Phi) is 7.49. The zero-order chi connectivity index (χ0) is 31.4.